The third kappa shape index (κ3) is 4.31. The van der Waals surface area contributed by atoms with Crippen LogP contribution in [-0.4, -0.2) is 29.6 Å². The van der Waals surface area contributed by atoms with Crippen LogP contribution in [0.25, 0.3) is 0 Å². The number of thiazole rings is 1. The molecule has 5 nitrogen and oxygen atoms in total. The van der Waals surface area contributed by atoms with Crippen LogP contribution < -0.4 is 9.47 Å². The van der Waals surface area contributed by atoms with Crippen LogP contribution in [-0.2, 0) is 12.3 Å². The Bertz CT molecular complexity index is 986. The van der Waals surface area contributed by atoms with Gasteiger partial charge in [-0.1, -0.05) is 6.07 Å². The molecule has 1 aromatic heterocycles. The number of ether oxygens (including phenoxy) is 2. The summed E-state index contributed by atoms with van der Waals surface area (Å²) < 4.78 is 10.7. The quantitative estimate of drug-likeness (QED) is 0.547. The summed E-state index contributed by atoms with van der Waals surface area (Å²) >= 11 is 3.39. The van der Waals surface area contributed by atoms with Crippen LogP contribution in [0.2, 0.25) is 0 Å². The summed E-state index contributed by atoms with van der Waals surface area (Å²) in [7, 11) is 1.81. The molecule has 2 heterocycles. The molecule has 0 saturated carbocycles. The Morgan fingerprint density at radius 1 is 1.18 bits per heavy atom. The SMILES string of the molecule is Cc1nc(CSc2ccc(C(=O)N(C)Cc3ccc4c(c3)OCO4)cc2)cs1. The van der Waals surface area contributed by atoms with Gasteiger partial charge in [0.15, 0.2) is 11.5 Å². The number of hydrogen-bond acceptors (Lipinski definition) is 6. The van der Waals surface area contributed by atoms with Gasteiger partial charge in [0.2, 0.25) is 6.79 Å². The van der Waals surface area contributed by atoms with Crippen LogP contribution in [0.15, 0.2) is 52.7 Å². The first-order valence-corrected chi connectivity index (χ1v) is 10.7. The molecular weight excluding hydrogens is 392 g/mol. The number of aromatic nitrogens is 1. The minimum absolute atomic E-state index is 0.00987. The summed E-state index contributed by atoms with van der Waals surface area (Å²) in [5, 5.41) is 3.17. The van der Waals surface area contributed by atoms with Crippen LogP contribution in [0.4, 0.5) is 0 Å². The summed E-state index contributed by atoms with van der Waals surface area (Å²) in [6.07, 6.45) is 0. The minimum atomic E-state index is -0.00987. The average Bonchev–Trinajstić information content (AvgIpc) is 3.34. The molecule has 0 bridgehead atoms. The topological polar surface area (TPSA) is 51.7 Å². The van der Waals surface area contributed by atoms with E-state index in [9.17, 15) is 4.79 Å². The van der Waals surface area contributed by atoms with Gasteiger partial charge in [0.05, 0.1) is 10.7 Å². The molecule has 0 atom stereocenters. The van der Waals surface area contributed by atoms with Crippen molar-refractivity contribution >= 4 is 29.0 Å². The second-order valence-electron chi connectivity index (χ2n) is 6.52. The zero-order valence-corrected chi connectivity index (χ0v) is 17.3. The summed E-state index contributed by atoms with van der Waals surface area (Å²) in [4.78, 5) is 20.0. The first-order valence-electron chi connectivity index (χ1n) is 8.86. The van der Waals surface area contributed by atoms with Gasteiger partial charge >= 0.3 is 0 Å². The van der Waals surface area contributed by atoms with Crippen molar-refractivity contribution in [2.45, 2.75) is 24.1 Å². The molecule has 28 heavy (non-hydrogen) atoms. The van der Waals surface area contributed by atoms with Crippen molar-refractivity contribution in [3.63, 3.8) is 0 Å². The first-order chi connectivity index (χ1) is 13.6. The van der Waals surface area contributed by atoms with Gasteiger partial charge in [0.1, 0.15) is 0 Å². The van der Waals surface area contributed by atoms with E-state index in [1.807, 2.05) is 49.4 Å². The number of fused-ring (bicyclic) bond motifs is 1. The fraction of sp³-hybridized carbons (Fsp3) is 0.238. The molecule has 0 radical (unpaired) electrons. The number of aryl methyl sites for hydroxylation is 1. The smallest absolute Gasteiger partial charge is 0.253 e. The molecule has 0 saturated heterocycles. The van der Waals surface area contributed by atoms with E-state index >= 15 is 0 Å². The van der Waals surface area contributed by atoms with Gasteiger partial charge in [-0.25, -0.2) is 4.98 Å². The van der Waals surface area contributed by atoms with Crippen molar-refractivity contribution in [3.05, 3.63) is 69.7 Å². The Hall–Kier alpha value is -2.51. The number of carbonyl (C=O) groups excluding carboxylic acids is 1. The van der Waals surface area contributed by atoms with Crippen molar-refractivity contribution in [1.29, 1.82) is 0 Å². The van der Waals surface area contributed by atoms with Gasteiger partial charge in [-0.15, -0.1) is 23.1 Å². The lowest BCUT2D eigenvalue weighted by Crippen LogP contribution is -2.26. The van der Waals surface area contributed by atoms with Crippen molar-refractivity contribution < 1.29 is 14.3 Å². The minimum Gasteiger partial charge on any atom is -0.454 e. The summed E-state index contributed by atoms with van der Waals surface area (Å²) in [5.41, 5.74) is 2.78. The maximum Gasteiger partial charge on any atom is 0.253 e. The second-order valence-corrected chi connectivity index (χ2v) is 8.63. The third-order valence-corrected chi connectivity index (χ3v) is 6.23. The van der Waals surface area contributed by atoms with Crippen molar-refractivity contribution in [3.8, 4) is 11.5 Å². The largest absolute Gasteiger partial charge is 0.454 e. The van der Waals surface area contributed by atoms with Crippen molar-refractivity contribution in [2.75, 3.05) is 13.8 Å². The number of hydrogen-bond donors (Lipinski definition) is 0. The Kier molecular flexibility index (Phi) is 5.54. The maximum atomic E-state index is 12.7. The molecule has 0 N–H and O–H groups in total. The average molecular weight is 413 g/mol. The van der Waals surface area contributed by atoms with E-state index in [1.54, 1.807) is 35.0 Å². The molecule has 4 rings (SSSR count). The van der Waals surface area contributed by atoms with E-state index in [1.165, 1.54) is 0 Å². The molecule has 0 unspecified atom stereocenters. The zero-order chi connectivity index (χ0) is 19.5. The molecule has 1 aliphatic heterocycles. The summed E-state index contributed by atoms with van der Waals surface area (Å²) in [6, 6.07) is 13.5. The van der Waals surface area contributed by atoms with Crippen LogP contribution in [0.1, 0.15) is 26.6 Å². The van der Waals surface area contributed by atoms with E-state index in [0.29, 0.717) is 12.1 Å². The van der Waals surface area contributed by atoms with Gasteiger partial charge in [-0.05, 0) is 48.9 Å². The summed E-state index contributed by atoms with van der Waals surface area (Å²) in [6.45, 7) is 2.77. The molecule has 0 aliphatic carbocycles. The zero-order valence-electron chi connectivity index (χ0n) is 15.7. The number of carbonyl (C=O) groups is 1. The maximum absolute atomic E-state index is 12.7. The lowest BCUT2D eigenvalue weighted by molar-refractivity contribution is 0.0785. The lowest BCUT2D eigenvalue weighted by Gasteiger charge is -2.17. The molecule has 144 valence electrons. The van der Waals surface area contributed by atoms with Gasteiger partial charge in [0.25, 0.3) is 5.91 Å². The molecule has 0 spiro atoms. The van der Waals surface area contributed by atoms with Crippen LogP contribution in [0, 0.1) is 6.92 Å². The van der Waals surface area contributed by atoms with E-state index in [0.717, 1.165) is 38.4 Å². The molecule has 0 fully saturated rings. The number of thioether (sulfide) groups is 1. The number of amides is 1. The van der Waals surface area contributed by atoms with Crippen molar-refractivity contribution in [1.82, 2.24) is 9.88 Å². The monoisotopic (exact) mass is 412 g/mol. The highest BCUT2D eigenvalue weighted by Gasteiger charge is 2.16. The standard InChI is InChI=1S/C21H20N2O3S2/c1-14-22-17(11-27-14)12-28-18-6-4-16(5-7-18)21(24)23(2)10-15-3-8-19-20(9-15)26-13-25-19/h3-9,11H,10,12-13H2,1-2H3. The highest BCUT2D eigenvalue weighted by molar-refractivity contribution is 7.98. The van der Waals surface area contributed by atoms with Crippen LogP contribution in [0.3, 0.4) is 0 Å². The molecule has 7 heteroatoms. The summed E-state index contributed by atoms with van der Waals surface area (Å²) in [5.74, 6) is 2.31. The fourth-order valence-electron chi connectivity index (χ4n) is 2.93. The highest BCUT2D eigenvalue weighted by Crippen LogP contribution is 2.33. The Balaban J connectivity index is 1.35. The number of nitrogens with zero attached hydrogens (tertiary/aromatic N) is 2. The predicted molar refractivity (Wildman–Crippen MR) is 111 cm³/mol. The van der Waals surface area contributed by atoms with Gasteiger partial charge in [-0.3, -0.25) is 4.79 Å². The molecule has 1 amide bonds. The third-order valence-electron chi connectivity index (χ3n) is 4.36. The predicted octanol–water partition coefficient (Wildman–Crippen LogP) is 4.74. The van der Waals surface area contributed by atoms with E-state index < -0.39 is 0 Å². The molecular formula is C21H20N2O3S2. The molecule has 1 aliphatic rings. The van der Waals surface area contributed by atoms with Gasteiger partial charge < -0.3 is 14.4 Å². The molecule has 3 aromatic rings. The van der Waals surface area contributed by atoms with Crippen LogP contribution >= 0.6 is 23.1 Å². The second kappa shape index (κ2) is 8.24. The van der Waals surface area contributed by atoms with Crippen molar-refractivity contribution in [2.24, 2.45) is 0 Å². The Morgan fingerprint density at radius 2 is 1.96 bits per heavy atom. The highest BCUT2D eigenvalue weighted by atomic mass is 32.2. The first kappa shape index (κ1) is 18.8. The normalized spacial score (nSPS) is 12.2. The van der Waals surface area contributed by atoms with E-state index in [-0.39, 0.29) is 12.7 Å². The lowest BCUT2D eigenvalue weighted by atomic mass is 10.1. The Labute approximate surface area is 172 Å². The molecule has 2 aromatic carbocycles. The van der Waals surface area contributed by atoms with E-state index in [2.05, 4.69) is 10.4 Å². The Morgan fingerprint density at radius 3 is 2.71 bits per heavy atom. The van der Waals surface area contributed by atoms with E-state index in [4.69, 9.17) is 9.47 Å². The fourth-order valence-corrected chi connectivity index (χ4v) is 4.44. The van der Waals surface area contributed by atoms with Gasteiger partial charge in [-0.2, -0.15) is 0 Å². The van der Waals surface area contributed by atoms with Gasteiger partial charge in [0, 0.05) is 35.2 Å². The number of benzene rings is 2. The number of rotatable bonds is 6. The van der Waals surface area contributed by atoms with Crippen LogP contribution in [0.5, 0.6) is 11.5 Å².